The molecule has 0 aliphatic carbocycles. The van der Waals surface area contributed by atoms with Gasteiger partial charge in [-0.15, -0.1) is 10.2 Å². The second-order valence-electron chi connectivity index (χ2n) is 5.26. The van der Waals surface area contributed by atoms with Gasteiger partial charge in [-0.25, -0.2) is 4.98 Å². The SMILES string of the molecule is Cc1nnc(-c2ccccc2C(=O)NCC(C)c2ncc[nH]2)o1. The molecule has 1 aromatic carbocycles. The summed E-state index contributed by atoms with van der Waals surface area (Å²) in [6, 6.07) is 7.16. The van der Waals surface area contributed by atoms with Crippen LogP contribution < -0.4 is 5.32 Å². The molecule has 0 aliphatic heterocycles. The van der Waals surface area contributed by atoms with Crippen molar-refractivity contribution in [1.29, 1.82) is 0 Å². The molecule has 23 heavy (non-hydrogen) atoms. The summed E-state index contributed by atoms with van der Waals surface area (Å²) in [7, 11) is 0. The summed E-state index contributed by atoms with van der Waals surface area (Å²) in [4.78, 5) is 19.7. The van der Waals surface area contributed by atoms with E-state index < -0.39 is 0 Å². The summed E-state index contributed by atoms with van der Waals surface area (Å²) >= 11 is 0. The average molecular weight is 311 g/mol. The van der Waals surface area contributed by atoms with Crippen molar-refractivity contribution in [3.8, 4) is 11.5 Å². The van der Waals surface area contributed by atoms with Gasteiger partial charge in [0.15, 0.2) is 0 Å². The zero-order valence-electron chi connectivity index (χ0n) is 12.9. The maximum absolute atomic E-state index is 12.5. The molecule has 0 fully saturated rings. The Morgan fingerprint density at radius 3 is 2.87 bits per heavy atom. The van der Waals surface area contributed by atoms with Gasteiger partial charge in [0, 0.05) is 31.8 Å². The molecular formula is C16H17N5O2. The molecule has 0 bridgehead atoms. The number of carbonyl (C=O) groups is 1. The molecule has 2 N–H and O–H groups in total. The van der Waals surface area contributed by atoms with Gasteiger partial charge in [-0.05, 0) is 12.1 Å². The Labute approximate surface area is 133 Å². The molecule has 0 saturated carbocycles. The number of aryl methyl sites for hydroxylation is 1. The Balaban J connectivity index is 1.75. The summed E-state index contributed by atoms with van der Waals surface area (Å²) in [6.45, 7) is 4.18. The third-order valence-corrected chi connectivity index (χ3v) is 3.48. The Morgan fingerprint density at radius 2 is 2.17 bits per heavy atom. The van der Waals surface area contributed by atoms with Crippen LogP contribution in [0.15, 0.2) is 41.1 Å². The number of H-pyrrole nitrogens is 1. The predicted molar refractivity (Wildman–Crippen MR) is 83.8 cm³/mol. The van der Waals surface area contributed by atoms with E-state index in [1.807, 2.05) is 13.0 Å². The topological polar surface area (TPSA) is 96.7 Å². The van der Waals surface area contributed by atoms with Crippen LogP contribution in [0.5, 0.6) is 0 Å². The van der Waals surface area contributed by atoms with Crippen LogP contribution >= 0.6 is 0 Å². The van der Waals surface area contributed by atoms with Gasteiger partial charge in [0.25, 0.3) is 5.91 Å². The van der Waals surface area contributed by atoms with Crippen molar-refractivity contribution >= 4 is 5.91 Å². The van der Waals surface area contributed by atoms with Crippen molar-refractivity contribution in [1.82, 2.24) is 25.5 Å². The predicted octanol–water partition coefficient (Wildman–Crippen LogP) is 2.30. The number of imidazole rings is 1. The van der Waals surface area contributed by atoms with Crippen molar-refractivity contribution in [3.05, 3.63) is 53.9 Å². The molecule has 0 saturated heterocycles. The average Bonchev–Trinajstić information content (AvgIpc) is 3.24. The number of hydrogen-bond acceptors (Lipinski definition) is 5. The minimum absolute atomic E-state index is 0.0896. The molecular weight excluding hydrogens is 294 g/mol. The zero-order chi connectivity index (χ0) is 16.2. The highest BCUT2D eigenvalue weighted by molar-refractivity contribution is 5.99. The van der Waals surface area contributed by atoms with Gasteiger partial charge in [-0.1, -0.05) is 19.1 Å². The lowest BCUT2D eigenvalue weighted by molar-refractivity contribution is 0.0952. The Morgan fingerprint density at radius 1 is 1.35 bits per heavy atom. The first-order valence-corrected chi connectivity index (χ1v) is 7.32. The van der Waals surface area contributed by atoms with Gasteiger partial charge in [0.05, 0.1) is 11.1 Å². The zero-order valence-corrected chi connectivity index (χ0v) is 12.9. The lowest BCUT2D eigenvalue weighted by Gasteiger charge is -2.11. The van der Waals surface area contributed by atoms with Gasteiger partial charge in [-0.3, -0.25) is 4.79 Å². The summed E-state index contributed by atoms with van der Waals surface area (Å²) in [6.07, 6.45) is 3.46. The molecule has 1 amide bonds. The van der Waals surface area contributed by atoms with E-state index in [-0.39, 0.29) is 11.8 Å². The molecule has 0 aliphatic rings. The van der Waals surface area contributed by atoms with Crippen LogP contribution in [-0.4, -0.2) is 32.6 Å². The second kappa shape index (κ2) is 6.43. The van der Waals surface area contributed by atoms with Gasteiger partial charge >= 0.3 is 0 Å². The molecule has 2 heterocycles. The first-order chi connectivity index (χ1) is 11.1. The number of nitrogens with zero attached hydrogens (tertiary/aromatic N) is 3. The van der Waals surface area contributed by atoms with Crippen LogP contribution in [0.4, 0.5) is 0 Å². The quantitative estimate of drug-likeness (QED) is 0.753. The third kappa shape index (κ3) is 3.28. The highest BCUT2D eigenvalue weighted by Gasteiger charge is 2.17. The molecule has 7 heteroatoms. The van der Waals surface area contributed by atoms with Crippen LogP contribution in [0, 0.1) is 6.92 Å². The normalized spacial score (nSPS) is 12.1. The summed E-state index contributed by atoms with van der Waals surface area (Å²) < 4.78 is 5.43. The third-order valence-electron chi connectivity index (χ3n) is 3.48. The number of carbonyl (C=O) groups excluding carboxylic acids is 1. The number of amides is 1. The van der Waals surface area contributed by atoms with Crippen molar-refractivity contribution in [3.63, 3.8) is 0 Å². The fourth-order valence-electron chi connectivity index (χ4n) is 2.26. The molecule has 3 aromatic rings. The lowest BCUT2D eigenvalue weighted by atomic mass is 10.1. The van der Waals surface area contributed by atoms with E-state index in [4.69, 9.17) is 4.42 Å². The maximum atomic E-state index is 12.5. The highest BCUT2D eigenvalue weighted by atomic mass is 16.4. The molecule has 0 spiro atoms. The Kier molecular flexibility index (Phi) is 4.18. The first-order valence-electron chi connectivity index (χ1n) is 7.32. The van der Waals surface area contributed by atoms with Gasteiger partial charge in [-0.2, -0.15) is 0 Å². The van der Waals surface area contributed by atoms with Crippen LogP contribution in [0.2, 0.25) is 0 Å². The molecule has 118 valence electrons. The number of hydrogen-bond donors (Lipinski definition) is 2. The number of aromatic amines is 1. The van der Waals surface area contributed by atoms with Crippen molar-refractivity contribution < 1.29 is 9.21 Å². The lowest BCUT2D eigenvalue weighted by Crippen LogP contribution is -2.28. The minimum Gasteiger partial charge on any atom is -0.421 e. The Hall–Kier alpha value is -2.96. The molecule has 2 aromatic heterocycles. The number of rotatable bonds is 5. The van der Waals surface area contributed by atoms with E-state index in [0.29, 0.717) is 29.5 Å². The van der Waals surface area contributed by atoms with Crippen LogP contribution in [0.3, 0.4) is 0 Å². The van der Waals surface area contributed by atoms with Gasteiger partial charge in [0.2, 0.25) is 11.8 Å². The van der Waals surface area contributed by atoms with Crippen molar-refractivity contribution in [2.75, 3.05) is 6.54 Å². The summed E-state index contributed by atoms with van der Waals surface area (Å²) in [5, 5.41) is 10.7. The van der Waals surface area contributed by atoms with Crippen LogP contribution in [0.25, 0.3) is 11.5 Å². The largest absolute Gasteiger partial charge is 0.421 e. The van der Waals surface area contributed by atoms with Gasteiger partial charge in [0.1, 0.15) is 5.82 Å². The fourth-order valence-corrected chi connectivity index (χ4v) is 2.26. The van der Waals surface area contributed by atoms with Crippen molar-refractivity contribution in [2.45, 2.75) is 19.8 Å². The molecule has 0 radical (unpaired) electrons. The molecule has 1 unspecified atom stereocenters. The molecule has 3 rings (SSSR count). The van der Waals surface area contributed by atoms with E-state index in [9.17, 15) is 4.79 Å². The monoisotopic (exact) mass is 311 g/mol. The summed E-state index contributed by atoms with van der Waals surface area (Å²) in [5.41, 5.74) is 1.12. The molecule has 7 nitrogen and oxygen atoms in total. The molecule has 1 atom stereocenters. The Bertz CT molecular complexity index is 794. The second-order valence-corrected chi connectivity index (χ2v) is 5.26. The maximum Gasteiger partial charge on any atom is 0.252 e. The van der Waals surface area contributed by atoms with Gasteiger partial charge < -0.3 is 14.7 Å². The van der Waals surface area contributed by atoms with Crippen molar-refractivity contribution in [2.24, 2.45) is 0 Å². The smallest absolute Gasteiger partial charge is 0.252 e. The highest BCUT2D eigenvalue weighted by Crippen LogP contribution is 2.22. The number of benzene rings is 1. The van der Waals surface area contributed by atoms with Crippen LogP contribution in [0.1, 0.15) is 34.9 Å². The van der Waals surface area contributed by atoms with E-state index in [0.717, 1.165) is 5.82 Å². The fraction of sp³-hybridized carbons (Fsp3) is 0.250. The first kappa shape index (κ1) is 15.0. The van der Waals surface area contributed by atoms with E-state index in [1.165, 1.54) is 0 Å². The standard InChI is InChI=1S/C16H17N5O2/c1-10(14-17-7-8-18-14)9-19-15(22)12-5-3-4-6-13(12)16-21-20-11(2)23-16/h3-8,10H,9H2,1-2H3,(H,17,18)(H,19,22). The number of aromatic nitrogens is 4. The number of nitrogens with one attached hydrogen (secondary N) is 2. The van der Waals surface area contributed by atoms with E-state index in [2.05, 4.69) is 25.5 Å². The van der Waals surface area contributed by atoms with E-state index >= 15 is 0 Å². The van der Waals surface area contributed by atoms with Crippen LogP contribution in [-0.2, 0) is 0 Å². The van der Waals surface area contributed by atoms with E-state index in [1.54, 1.807) is 37.5 Å². The summed E-state index contributed by atoms with van der Waals surface area (Å²) in [5.74, 6) is 1.54. The minimum atomic E-state index is -0.185.